The van der Waals surface area contributed by atoms with E-state index in [0.29, 0.717) is 0 Å². The van der Waals surface area contributed by atoms with Gasteiger partial charge in [-0.15, -0.1) is 0 Å². The molecule has 0 radical (unpaired) electrons. The highest BCUT2D eigenvalue weighted by molar-refractivity contribution is 5.40. The van der Waals surface area contributed by atoms with E-state index in [0.717, 1.165) is 37.4 Å². The predicted molar refractivity (Wildman–Crippen MR) is 63.9 cm³/mol. The van der Waals surface area contributed by atoms with Crippen molar-refractivity contribution in [3.05, 3.63) is 34.8 Å². The molecule has 1 heterocycles. The van der Waals surface area contributed by atoms with Crippen LogP contribution in [0.25, 0.3) is 0 Å². The highest BCUT2D eigenvalue weighted by atomic mass is 16.5. The molecule has 0 aromatic heterocycles. The van der Waals surface area contributed by atoms with Crippen LogP contribution in [-0.4, -0.2) is 39.3 Å². The average molecular weight is 221 g/mol. The molecular formula is C13H19NO2. The standard InChI is InChI=1S/C13H19NO2/c1-14-7-6-10-8-13(16-3)12(15-2)5-4-11(10)9-14/h5,8H,4,6-7,9H2,1-3H3. The van der Waals surface area contributed by atoms with Crippen molar-refractivity contribution in [2.45, 2.75) is 12.8 Å². The molecule has 0 spiro atoms. The van der Waals surface area contributed by atoms with E-state index in [4.69, 9.17) is 9.47 Å². The van der Waals surface area contributed by atoms with Crippen molar-refractivity contribution in [2.24, 2.45) is 0 Å². The topological polar surface area (TPSA) is 21.7 Å². The molecule has 0 atom stereocenters. The molecule has 0 amide bonds. The van der Waals surface area contributed by atoms with Crippen molar-refractivity contribution in [1.82, 2.24) is 4.90 Å². The number of methoxy groups -OCH3 is 2. The van der Waals surface area contributed by atoms with Crippen LogP contribution in [-0.2, 0) is 9.47 Å². The highest BCUT2D eigenvalue weighted by Gasteiger charge is 2.19. The largest absolute Gasteiger partial charge is 0.493 e. The van der Waals surface area contributed by atoms with Gasteiger partial charge in [-0.3, -0.25) is 0 Å². The minimum atomic E-state index is 0.844. The zero-order valence-electron chi connectivity index (χ0n) is 10.2. The smallest absolute Gasteiger partial charge is 0.160 e. The Labute approximate surface area is 97.0 Å². The summed E-state index contributed by atoms with van der Waals surface area (Å²) in [6.07, 6.45) is 6.30. The lowest BCUT2D eigenvalue weighted by molar-refractivity contribution is 0.219. The third-order valence-electron chi connectivity index (χ3n) is 3.20. The first kappa shape index (κ1) is 11.3. The molecule has 0 aromatic carbocycles. The van der Waals surface area contributed by atoms with Crippen molar-refractivity contribution in [3.63, 3.8) is 0 Å². The van der Waals surface area contributed by atoms with Crippen LogP contribution in [0.5, 0.6) is 0 Å². The van der Waals surface area contributed by atoms with Gasteiger partial charge in [0, 0.05) is 13.1 Å². The first-order chi connectivity index (χ1) is 7.74. The van der Waals surface area contributed by atoms with E-state index in [1.54, 1.807) is 14.2 Å². The molecule has 1 aliphatic carbocycles. The number of rotatable bonds is 2. The molecule has 0 fully saturated rings. The van der Waals surface area contributed by atoms with E-state index in [1.165, 1.54) is 11.1 Å². The summed E-state index contributed by atoms with van der Waals surface area (Å²) >= 11 is 0. The monoisotopic (exact) mass is 221 g/mol. The summed E-state index contributed by atoms with van der Waals surface area (Å²) in [5.74, 6) is 1.69. The van der Waals surface area contributed by atoms with E-state index in [2.05, 4.69) is 24.1 Å². The molecule has 2 aliphatic rings. The Hall–Kier alpha value is -1.22. The third-order valence-corrected chi connectivity index (χ3v) is 3.20. The first-order valence-electron chi connectivity index (χ1n) is 5.64. The van der Waals surface area contributed by atoms with E-state index < -0.39 is 0 Å². The van der Waals surface area contributed by atoms with Crippen molar-refractivity contribution < 1.29 is 9.47 Å². The molecule has 0 aromatic rings. The molecule has 0 unspecified atom stereocenters. The Kier molecular flexibility index (Phi) is 3.34. The molecule has 16 heavy (non-hydrogen) atoms. The van der Waals surface area contributed by atoms with Gasteiger partial charge in [-0.1, -0.05) is 0 Å². The van der Waals surface area contributed by atoms with Crippen LogP contribution in [0.1, 0.15) is 12.8 Å². The van der Waals surface area contributed by atoms with Crippen molar-refractivity contribution in [3.8, 4) is 0 Å². The molecule has 3 heteroatoms. The second-order valence-corrected chi connectivity index (χ2v) is 4.31. The van der Waals surface area contributed by atoms with Crippen LogP contribution in [0.2, 0.25) is 0 Å². The summed E-state index contributed by atoms with van der Waals surface area (Å²) in [5, 5.41) is 0. The fourth-order valence-corrected chi connectivity index (χ4v) is 2.25. The van der Waals surface area contributed by atoms with Crippen molar-refractivity contribution in [1.29, 1.82) is 0 Å². The quantitative estimate of drug-likeness (QED) is 0.712. The molecular weight excluding hydrogens is 202 g/mol. The van der Waals surface area contributed by atoms with Gasteiger partial charge in [-0.25, -0.2) is 0 Å². The van der Waals surface area contributed by atoms with Crippen molar-refractivity contribution in [2.75, 3.05) is 34.4 Å². The number of ether oxygens (including phenoxy) is 2. The van der Waals surface area contributed by atoms with Gasteiger partial charge in [-0.05, 0) is 43.2 Å². The maximum absolute atomic E-state index is 5.37. The van der Waals surface area contributed by atoms with Gasteiger partial charge in [0.1, 0.15) is 0 Å². The number of allylic oxidation sites excluding steroid dienone is 2. The lowest BCUT2D eigenvalue weighted by atomic mass is 9.98. The summed E-state index contributed by atoms with van der Waals surface area (Å²) in [6, 6.07) is 0. The second-order valence-electron chi connectivity index (χ2n) is 4.31. The number of likely N-dealkylation sites (N-methyl/N-ethyl adjacent to an activating group) is 1. The van der Waals surface area contributed by atoms with Gasteiger partial charge in [-0.2, -0.15) is 0 Å². The maximum atomic E-state index is 5.37. The molecule has 3 nitrogen and oxygen atoms in total. The summed E-state index contributed by atoms with van der Waals surface area (Å²) in [6.45, 7) is 2.17. The predicted octanol–water partition coefficient (Wildman–Crippen LogP) is 2.08. The molecule has 1 aliphatic heterocycles. The van der Waals surface area contributed by atoms with E-state index in [1.807, 2.05) is 0 Å². The number of nitrogens with zero attached hydrogens (tertiary/aromatic N) is 1. The summed E-state index contributed by atoms with van der Waals surface area (Å²) < 4.78 is 10.7. The lowest BCUT2D eigenvalue weighted by Gasteiger charge is -2.25. The van der Waals surface area contributed by atoms with Gasteiger partial charge >= 0.3 is 0 Å². The maximum Gasteiger partial charge on any atom is 0.160 e. The normalized spacial score (nSPS) is 21.9. The SMILES string of the molecule is COC1=CCC2=C(C=C1OC)CCN(C)C2. The molecule has 2 rings (SSSR count). The second kappa shape index (κ2) is 4.74. The minimum Gasteiger partial charge on any atom is -0.493 e. The molecule has 0 saturated carbocycles. The fraction of sp³-hybridized carbons (Fsp3) is 0.538. The van der Waals surface area contributed by atoms with Crippen LogP contribution in [0.3, 0.4) is 0 Å². The minimum absolute atomic E-state index is 0.844. The van der Waals surface area contributed by atoms with E-state index in [-0.39, 0.29) is 0 Å². The van der Waals surface area contributed by atoms with Gasteiger partial charge in [0.2, 0.25) is 0 Å². The Morgan fingerprint density at radius 2 is 1.94 bits per heavy atom. The van der Waals surface area contributed by atoms with E-state index >= 15 is 0 Å². The van der Waals surface area contributed by atoms with Gasteiger partial charge in [0.25, 0.3) is 0 Å². The fourth-order valence-electron chi connectivity index (χ4n) is 2.25. The average Bonchev–Trinajstić information content (AvgIpc) is 2.47. The van der Waals surface area contributed by atoms with Crippen molar-refractivity contribution >= 4 is 0 Å². The zero-order chi connectivity index (χ0) is 11.5. The Bertz CT molecular complexity index is 366. The van der Waals surface area contributed by atoms with Crippen LogP contribution in [0.4, 0.5) is 0 Å². The lowest BCUT2D eigenvalue weighted by Crippen LogP contribution is -2.27. The van der Waals surface area contributed by atoms with Gasteiger partial charge < -0.3 is 14.4 Å². The summed E-state index contributed by atoms with van der Waals surface area (Å²) in [7, 11) is 5.55. The summed E-state index contributed by atoms with van der Waals surface area (Å²) in [4.78, 5) is 2.35. The number of hydrogen-bond donors (Lipinski definition) is 0. The Balaban J connectivity index is 2.31. The van der Waals surface area contributed by atoms with E-state index in [9.17, 15) is 0 Å². The van der Waals surface area contributed by atoms with Gasteiger partial charge in [0.05, 0.1) is 14.2 Å². The molecule has 0 saturated heterocycles. The van der Waals surface area contributed by atoms with Crippen LogP contribution < -0.4 is 0 Å². The Morgan fingerprint density at radius 1 is 1.19 bits per heavy atom. The molecule has 0 N–H and O–H groups in total. The Morgan fingerprint density at radius 3 is 2.62 bits per heavy atom. The molecule has 88 valence electrons. The summed E-state index contributed by atoms with van der Waals surface area (Å²) in [5.41, 5.74) is 2.90. The number of hydrogen-bond acceptors (Lipinski definition) is 3. The molecule has 0 bridgehead atoms. The van der Waals surface area contributed by atoms with Crippen LogP contribution in [0, 0.1) is 0 Å². The van der Waals surface area contributed by atoms with Gasteiger partial charge in [0.15, 0.2) is 11.5 Å². The first-order valence-corrected chi connectivity index (χ1v) is 5.64. The zero-order valence-corrected chi connectivity index (χ0v) is 10.2. The van der Waals surface area contributed by atoms with Crippen LogP contribution in [0.15, 0.2) is 34.8 Å². The highest BCUT2D eigenvalue weighted by Crippen LogP contribution is 2.28. The van der Waals surface area contributed by atoms with Crippen LogP contribution >= 0.6 is 0 Å². The third kappa shape index (κ3) is 2.14.